The molecule has 0 aliphatic heterocycles. The van der Waals surface area contributed by atoms with Crippen molar-refractivity contribution in [3.05, 3.63) is 87.2 Å². The van der Waals surface area contributed by atoms with E-state index in [1.54, 1.807) is 24.3 Å². The Morgan fingerprint density at radius 1 is 0.962 bits per heavy atom. The number of fused-ring (bicyclic) bond motifs is 4. The van der Waals surface area contributed by atoms with Gasteiger partial charge < -0.3 is 4.98 Å². The molecule has 0 unspecified atom stereocenters. The van der Waals surface area contributed by atoms with Gasteiger partial charge >= 0.3 is 0 Å². The maximum Gasteiger partial charge on any atom is 0.269 e. The summed E-state index contributed by atoms with van der Waals surface area (Å²) in [7, 11) is 0. The fourth-order valence-corrected chi connectivity index (χ4v) is 4.27. The summed E-state index contributed by atoms with van der Waals surface area (Å²) in [5.41, 5.74) is 1.39. The number of rotatable bonds is 1. The Morgan fingerprint density at radius 3 is 2.54 bits per heavy atom. The van der Waals surface area contributed by atoms with Crippen molar-refractivity contribution in [1.29, 1.82) is 0 Å². The Kier molecular flexibility index (Phi) is 3.11. The van der Waals surface area contributed by atoms with E-state index in [1.807, 2.05) is 24.3 Å². The molecule has 2 aromatic carbocycles. The zero-order valence-electron chi connectivity index (χ0n) is 13.3. The van der Waals surface area contributed by atoms with Crippen molar-refractivity contribution in [1.82, 2.24) is 9.38 Å². The quantitative estimate of drug-likeness (QED) is 0.455. The lowest BCUT2D eigenvalue weighted by Crippen LogP contribution is -2.19. The van der Waals surface area contributed by atoms with Crippen LogP contribution >= 0.6 is 11.3 Å². The number of hydrogen-bond donors (Lipinski definition) is 1. The lowest BCUT2D eigenvalue weighted by Gasteiger charge is -2.05. The summed E-state index contributed by atoms with van der Waals surface area (Å²) < 4.78 is 15.2. The van der Waals surface area contributed by atoms with Crippen LogP contribution in [0.3, 0.4) is 0 Å². The van der Waals surface area contributed by atoms with E-state index >= 15 is 0 Å². The molecule has 1 N–H and O–H groups in total. The van der Waals surface area contributed by atoms with Gasteiger partial charge in [-0.25, -0.2) is 4.39 Å². The van der Waals surface area contributed by atoms with Crippen molar-refractivity contribution >= 4 is 38.0 Å². The molecular weight excluding hydrogens is 351 g/mol. The van der Waals surface area contributed by atoms with Gasteiger partial charge in [-0.15, -0.1) is 11.3 Å². The van der Waals surface area contributed by atoms with Crippen LogP contribution in [0.4, 0.5) is 4.39 Å². The van der Waals surface area contributed by atoms with E-state index in [4.69, 9.17) is 0 Å². The predicted octanol–water partition coefficient (Wildman–Crippen LogP) is 4.16. The monoisotopic (exact) mass is 362 g/mol. The summed E-state index contributed by atoms with van der Waals surface area (Å²) in [6.07, 6.45) is 0. The molecule has 0 fully saturated rings. The van der Waals surface area contributed by atoms with Gasteiger partial charge in [0, 0.05) is 10.3 Å². The summed E-state index contributed by atoms with van der Waals surface area (Å²) in [4.78, 5) is 29.1. The lowest BCUT2D eigenvalue weighted by molar-refractivity contribution is 0.628. The van der Waals surface area contributed by atoms with Crippen LogP contribution in [0.2, 0.25) is 0 Å². The van der Waals surface area contributed by atoms with E-state index in [2.05, 4.69) is 4.98 Å². The standard InChI is InChI=1S/C20H11FN2O2S/c21-13-7-5-11(6-8-13)16-10-15-18(26-16)19(24)22-17-9-12-3-1-2-4-14(12)20(25)23(15)17/h1-10H,(H,22,24). The molecule has 0 amide bonds. The van der Waals surface area contributed by atoms with Crippen LogP contribution in [-0.4, -0.2) is 9.38 Å². The van der Waals surface area contributed by atoms with Crippen molar-refractivity contribution in [3.8, 4) is 10.4 Å². The van der Waals surface area contributed by atoms with E-state index in [0.29, 0.717) is 21.3 Å². The van der Waals surface area contributed by atoms with Crippen molar-refractivity contribution < 1.29 is 4.39 Å². The average molecular weight is 362 g/mol. The molecule has 5 aromatic rings. The van der Waals surface area contributed by atoms with Crippen molar-refractivity contribution in [2.75, 3.05) is 0 Å². The van der Waals surface area contributed by atoms with E-state index in [1.165, 1.54) is 27.9 Å². The molecule has 0 bridgehead atoms. The van der Waals surface area contributed by atoms with Crippen molar-refractivity contribution in [2.24, 2.45) is 0 Å². The molecule has 26 heavy (non-hydrogen) atoms. The third-order valence-corrected chi connectivity index (χ3v) is 5.63. The van der Waals surface area contributed by atoms with Crippen LogP contribution < -0.4 is 11.1 Å². The van der Waals surface area contributed by atoms with Crippen LogP contribution in [0.15, 0.2) is 70.3 Å². The number of thiophene rings is 1. The summed E-state index contributed by atoms with van der Waals surface area (Å²) in [6, 6.07) is 17.0. The van der Waals surface area contributed by atoms with Gasteiger partial charge in [0.25, 0.3) is 11.1 Å². The minimum Gasteiger partial charge on any atom is -0.307 e. The minimum atomic E-state index is -0.319. The second-order valence-electron chi connectivity index (χ2n) is 6.04. The third kappa shape index (κ3) is 2.12. The first-order valence-corrected chi connectivity index (χ1v) is 8.80. The van der Waals surface area contributed by atoms with Gasteiger partial charge in [-0.3, -0.25) is 14.0 Å². The topological polar surface area (TPSA) is 54.3 Å². The number of nitrogens with zero attached hydrogens (tertiary/aromatic N) is 1. The molecule has 0 aliphatic carbocycles. The number of hydrogen-bond acceptors (Lipinski definition) is 3. The van der Waals surface area contributed by atoms with Gasteiger partial charge in [0.15, 0.2) is 0 Å². The fourth-order valence-electron chi connectivity index (χ4n) is 3.23. The molecule has 3 aromatic heterocycles. The first kappa shape index (κ1) is 15.0. The summed E-state index contributed by atoms with van der Waals surface area (Å²) >= 11 is 1.29. The SMILES string of the molecule is O=c1[nH]c2cc3ccccc3c(=O)n2c2cc(-c3ccc(F)cc3)sc12. The zero-order valence-corrected chi connectivity index (χ0v) is 14.1. The molecular formula is C20H11FN2O2S. The highest BCUT2D eigenvalue weighted by Crippen LogP contribution is 2.31. The summed E-state index contributed by atoms with van der Waals surface area (Å²) in [6.45, 7) is 0. The molecule has 0 spiro atoms. The summed E-state index contributed by atoms with van der Waals surface area (Å²) in [5.74, 6) is -0.319. The number of pyridine rings is 1. The Bertz CT molecular complexity index is 1430. The van der Waals surface area contributed by atoms with Gasteiger partial charge in [-0.2, -0.15) is 0 Å². The Morgan fingerprint density at radius 2 is 1.73 bits per heavy atom. The largest absolute Gasteiger partial charge is 0.307 e. The molecule has 5 rings (SSSR count). The Labute approximate surface area is 149 Å². The number of aromatic nitrogens is 2. The molecule has 0 radical (unpaired) electrons. The van der Waals surface area contributed by atoms with Crippen LogP contribution in [0.1, 0.15) is 0 Å². The average Bonchev–Trinajstić information content (AvgIpc) is 3.08. The number of nitrogens with one attached hydrogen (secondary N) is 1. The van der Waals surface area contributed by atoms with Gasteiger partial charge in [0.2, 0.25) is 0 Å². The smallest absolute Gasteiger partial charge is 0.269 e. The number of halogens is 1. The maximum atomic E-state index is 13.2. The van der Waals surface area contributed by atoms with E-state index in [0.717, 1.165) is 15.8 Å². The molecule has 0 saturated heterocycles. The van der Waals surface area contributed by atoms with E-state index in [9.17, 15) is 14.0 Å². The predicted molar refractivity (Wildman–Crippen MR) is 103 cm³/mol. The molecule has 0 aliphatic rings. The number of benzene rings is 2. The Balaban J connectivity index is 1.92. The highest BCUT2D eigenvalue weighted by Gasteiger charge is 2.14. The second kappa shape index (κ2) is 5.37. The van der Waals surface area contributed by atoms with Crippen LogP contribution in [0, 0.1) is 5.82 Å². The van der Waals surface area contributed by atoms with Crippen LogP contribution in [0.25, 0.3) is 37.1 Å². The molecule has 0 atom stereocenters. The number of H-pyrrole nitrogens is 1. The highest BCUT2D eigenvalue weighted by molar-refractivity contribution is 7.22. The molecule has 6 heteroatoms. The van der Waals surface area contributed by atoms with Gasteiger partial charge in [0.05, 0.1) is 5.52 Å². The molecule has 126 valence electrons. The van der Waals surface area contributed by atoms with Crippen LogP contribution in [-0.2, 0) is 0 Å². The zero-order chi connectivity index (χ0) is 17.8. The fraction of sp³-hybridized carbons (Fsp3) is 0. The molecule has 0 saturated carbocycles. The normalized spacial score (nSPS) is 11.6. The van der Waals surface area contributed by atoms with Gasteiger partial charge in [0.1, 0.15) is 16.2 Å². The Hall–Kier alpha value is -3.25. The number of aromatic amines is 1. The lowest BCUT2D eigenvalue weighted by atomic mass is 10.1. The first-order valence-electron chi connectivity index (χ1n) is 7.98. The van der Waals surface area contributed by atoms with E-state index in [-0.39, 0.29) is 16.9 Å². The van der Waals surface area contributed by atoms with E-state index < -0.39 is 0 Å². The maximum absolute atomic E-state index is 13.2. The van der Waals surface area contributed by atoms with Gasteiger partial charge in [-0.1, -0.05) is 30.3 Å². The van der Waals surface area contributed by atoms with Crippen molar-refractivity contribution in [3.63, 3.8) is 0 Å². The van der Waals surface area contributed by atoms with Crippen molar-refractivity contribution in [2.45, 2.75) is 0 Å². The first-order chi connectivity index (χ1) is 12.6. The van der Waals surface area contributed by atoms with Crippen LogP contribution in [0.5, 0.6) is 0 Å². The highest BCUT2D eigenvalue weighted by atomic mass is 32.1. The minimum absolute atomic E-state index is 0.178. The van der Waals surface area contributed by atoms with Gasteiger partial charge in [-0.05, 0) is 41.3 Å². The summed E-state index contributed by atoms with van der Waals surface area (Å²) in [5, 5.41) is 1.37. The molecule has 4 nitrogen and oxygen atoms in total. The third-order valence-electron chi connectivity index (χ3n) is 4.46. The molecule has 3 heterocycles. The second-order valence-corrected chi connectivity index (χ2v) is 7.10.